The van der Waals surface area contributed by atoms with Crippen LogP contribution in [0, 0.1) is 0 Å². The topological polar surface area (TPSA) is 124 Å². The van der Waals surface area contributed by atoms with Crippen LogP contribution in [-0.4, -0.2) is 42.5 Å². The van der Waals surface area contributed by atoms with Crippen molar-refractivity contribution in [2.24, 2.45) is 0 Å². The predicted octanol–water partition coefficient (Wildman–Crippen LogP) is 1.68. The Morgan fingerprint density at radius 1 is 1.08 bits per heavy atom. The van der Waals surface area contributed by atoms with Gasteiger partial charge in [0.05, 0.1) is 12.7 Å². The molecule has 0 aliphatic heterocycles. The fourth-order valence-electron chi connectivity index (χ4n) is 1.79. The SMILES string of the molecule is COC(=O)c1ccc(NC(=O)COC(=O)c2csc(NC(C)=O)n2)cc1. The fourth-order valence-corrected chi connectivity index (χ4v) is 2.51. The molecule has 2 aromatic rings. The molecule has 0 radical (unpaired) electrons. The Balaban J connectivity index is 1.84. The Bertz CT molecular complexity index is 831. The number of hydrogen-bond acceptors (Lipinski definition) is 8. The van der Waals surface area contributed by atoms with Gasteiger partial charge in [0.25, 0.3) is 5.91 Å². The molecule has 0 saturated heterocycles. The molecule has 2 amide bonds. The van der Waals surface area contributed by atoms with Gasteiger partial charge in [0, 0.05) is 18.0 Å². The first-order chi connectivity index (χ1) is 12.4. The van der Waals surface area contributed by atoms with Gasteiger partial charge in [-0.3, -0.25) is 9.59 Å². The van der Waals surface area contributed by atoms with Crippen molar-refractivity contribution in [3.8, 4) is 0 Å². The first-order valence-corrected chi connectivity index (χ1v) is 8.15. The largest absolute Gasteiger partial charge is 0.465 e. The van der Waals surface area contributed by atoms with Crippen LogP contribution in [0.15, 0.2) is 29.6 Å². The van der Waals surface area contributed by atoms with E-state index in [9.17, 15) is 19.2 Å². The molecule has 0 atom stereocenters. The van der Waals surface area contributed by atoms with Crippen molar-refractivity contribution in [1.29, 1.82) is 0 Å². The van der Waals surface area contributed by atoms with Gasteiger partial charge in [-0.1, -0.05) is 0 Å². The smallest absolute Gasteiger partial charge is 0.358 e. The van der Waals surface area contributed by atoms with Crippen LogP contribution in [0.4, 0.5) is 10.8 Å². The van der Waals surface area contributed by atoms with E-state index in [0.29, 0.717) is 11.3 Å². The summed E-state index contributed by atoms with van der Waals surface area (Å²) < 4.78 is 9.44. The maximum Gasteiger partial charge on any atom is 0.358 e. The summed E-state index contributed by atoms with van der Waals surface area (Å²) in [6, 6.07) is 6.02. The highest BCUT2D eigenvalue weighted by Gasteiger charge is 2.15. The Morgan fingerprint density at radius 2 is 1.77 bits per heavy atom. The zero-order chi connectivity index (χ0) is 19.1. The molecule has 1 aromatic carbocycles. The van der Waals surface area contributed by atoms with Crippen LogP contribution in [0.5, 0.6) is 0 Å². The number of nitrogens with zero attached hydrogens (tertiary/aromatic N) is 1. The molecule has 136 valence electrons. The molecule has 0 bridgehead atoms. The number of methoxy groups -OCH3 is 1. The normalized spacial score (nSPS) is 9.92. The number of carbonyl (C=O) groups is 4. The number of benzene rings is 1. The summed E-state index contributed by atoms with van der Waals surface area (Å²) in [7, 11) is 1.27. The highest BCUT2D eigenvalue weighted by Crippen LogP contribution is 2.16. The lowest BCUT2D eigenvalue weighted by Gasteiger charge is -2.06. The fraction of sp³-hybridized carbons (Fsp3) is 0.188. The molecule has 0 unspecified atom stereocenters. The maximum atomic E-state index is 11.8. The van der Waals surface area contributed by atoms with Gasteiger partial charge in [-0.2, -0.15) is 0 Å². The summed E-state index contributed by atoms with van der Waals surface area (Å²) in [4.78, 5) is 49.8. The van der Waals surface area contributed by atoms with Gasteiger partial charge in [-0.25, -0.2) is 14.6 Å². The molecule has 9 nitrogen and oxygen atoms in total. The van der Waals surface area contributed by atoms with E-state index in [0.717, 1.165) is 11.3 Å². The maximum absolute atomic E-state index is 11.8. The molecule has 1 aromatic heterocycles. The van der Waals surface area contributed by atoms with Crippen molar-refractivity contribution < 1.29 is 28.7 Å². The summed E-state index contributed by atoms with van der Waals surface area (Å²) in [6.07, 6.45) is 0. The van der Waals surface area contributed by atoms with Crippen molar-refractivity contribution >= 4 is 45.9 Å². The van der Waals surface area contributed by atoms with Crippen molar-refractivity contribution in [2.45, 2.75) is 6.92 Å². The molecule has 1 heterocycles. The molecular formula is C16H15N3O6S. The monoisotopic (exact) mass is 377 g/mol. The highest BCUT2D eigenvalue weighted by molar-refractivity contribution is 7.14. The number of rotatable bonds is 6. The number of hydrogen-bond donors (Lipinski definition) is 2. The molecule has 0 spiro atoms. The van der Waals surface area contributed by atoms with Gasteiger partial charge in [0.15, 0.2) is 17.4 Å². The minimum Gasteiger partial charge on any atom is -0.465 e. The average Bonchev–Trinajstić information content (AvgIpc) is 3.07. The van der Waals surface area contributed by atoms with Crippen molar-refractivity contribution in [3.63, 3.8) is 0 Å². The minimum atomic E-state index is -0.783. The molecule has 0 saturated carbocycles. The van der Waals surface area contributed by atoms with Crippen LogP contribution in [0.1, 0.15) is 27.8 Å². The molecular weight excluding hydrogens is 362 g/mol. The lowest BCUT2D eigenvalue weighted by molar-refractivity contribution is -0.119. The number of aromatic nitrogens is 1. The van der Waals surface area contributed by atoms with Gasteiger partial charge in [-0.05, 0) is 24.3 Å². The predicted molar refractivity (Wildman–Crippen MR) is 93.1 cm³/mol. The van der Waals surface area contributed by atoms with Gasteiger partial charge in [-0.15, -0.1) is 11.3 Å². The van der Waals surface area contributed by atoms with E-state index in [1.165, 1.54) is 43.7 Å². The number of thiazole rings is 1. The average molecular weight is 377 g/mol. The minimum absolute atomic E-state index is 0.00557. The van der Waals surface area contributed by atoms with Crippen molar-refractivity contribution in [1.82, 2.24) is 4.98 Å². The molecule has 0 aliphatic carbocycles. The number of amides is 2. The van der Waals surface area contributed by atoms with E-state index >= 15 is 0 Å². The van der Waals surface area contributed by atoms with E-state index in [1.54, 1.807) is 0 Å². The van der Waals surface area contributed by atoms with Crippen LogP contribution in [-0.2, 0) is 19.1 Å². The molecule has 0 aliphatic rings. The molecule has 26 heavy (non-hydrogen) atoms. The van der Waals surface area contributed by atoms with E-state index in [2.05, 4.69) is 20.4 Å². The third kappa shape index (κ3) is 5.38. The van der Waals surface area contributed by atoms with Crippen LogP contribution in [0.25, 0.3) is 0 Å². The second-order valence-corrected chi connectivity index (χ2v) is 5.77. The molecule has 10 heteroatoms. The number of esters is 2. The summed E-state index contributed by atoms with van der Waals surface area (Å²) in [6.45, 7) is 0.812. The third-order valence-corrected chi connectivity index (χ3v) is 3.68. The molecule has 0 fully saturated rings. The standard InChI is InChI=1S/C16H15N3O6S/c1-9(20)17-16-19-12(8-26-16)15(23)25-7-13(21)18-11-5-3-10(4-6-11)14(22)24-2/h3-6,8H,7H2,1-2H3,(H,18,21)(H,17,19,20). The molecule has 2 rings (SSSR count). The lowest BCUT2D eigenvalue weighted by Crippen LogP contribution is -2.21. The Kier molecular flexibility index (Phi) is 6.39. The van der Waals surface area contributed by atoms with Crippen molar-refractivity contribution in [2.75, 3.05) is 24.4 Å². The number of ether oxygens (including phenoxy) is 2. The Hall–Kier alpha value is -3.27. The quantitative estimate of drug-likeness (QED) is 0.734. The van der Waals surface area contributed by atoms with Gasteiger partial charge in [0.2, 0.25) is 5.91 Å². The van der Waals surface area contributed by atoms with E-state index in [-0.39, 0.29) is 16.7 Å². The molecule has 2 N–H and O–H groups in total. The summed E-state index contributed by atoms with van der Waals surface area (Å²) in [5.41, 5.74) is 0.768. The Morgan fingerprint density at radius 3 is 2.38 bits per heavy atom. The summed E-state index contributed by atoms with van der Waals surface area (Å²) >= 11 is 1.07. The lowest BCUT2D eigenvalue weighted by atomic mass is 10.2. The zero-order valence-corrected chi connectivity index (χ0v) is 14.7. The summed E-state index contributed by atoms with van der Waals surface area (Å²) in [5, 5.41) is 6.64. The highest BCUT2D eigenvalue weighted by atomic mass is 32.1. The summed E-state index contributed by atoms with van der Waals surface area (Å²) in [5.74, 6) is -2.13. The van der Waals surface area contributed by atoms with Crippen molar-refractivity contribution in [3.05, 3.63) is 40.9 Å². The number of anilines is 2. The van der Waals surface area contributed by atoms with E-state index < -0.39 is 24.5 Å². The second kappa shape index (κ2) is 8.72. The van der Waals surface area contributed by atoms with Crippen LogP contribution in [0.3, 0.4) is 0 Å². The van der Waals surface area contributed by atoms with Gasteiger partial charge < -0.3 is 20.1 Å². The van der Waals surface area contributed by atoms with E-state index in [1.807, 2.05) is 0 Å². The van der Waals surface area contributed by atoms with E-state index in [4.69, 9.17) is 4.74 Å². The number of carbonyl (C=O) groups excluding carboxylic acids is 4. The van der Waals surface area contributed by atoms with Crippen LogP contribution < -0.4 is 10.6 Å². The Labute approximate surface area is 152 Å². The number of nitrogens with one attached hydrogen (secondary N) is 2. The van der Waals surface area contributed by atoms with Gasteiger partial charge in [0.1, 0.15) is 0 Å². The third-order valence-electron chi connectivity index (χ3n) is 2.92. The first kappa shape index (κ1) is 19.1. The van der Waals surface area contributed by atoms with Crippen LogP contribution >= 0.6 is 11.3 Å². The van der Waals surface area contributed by atoms with Gasteiger partial charge >= 0.3 is 11.9 Å². The first-order valence-electron chi connectivity index (χ1n) is 7.27. The van der Waals surface area contributed by atoms with Crippen LogP contribution in [0.2, 0.25) is 0 Å². The zero-order valence-electron chi connectivity index (χ0n) is 13.9. The second-order valence-electron chi connectivity index (χ2n) is 4.91.